The number of hydrogen-bond acceptors (Lipinski definition) is 2. The van der Waals surface area contributed by atoms with Crippen molar-refractivity contribution in [1.29, 1.82) is 0 Å². The lowest BCUT2D eigenvalue weighted by Gasteiger charge is -2.15. The highest BCUT2D eigenvalue weighted by molar-refractivity contribution is 7.98. The standard InChI is InChI=1S/C17H21NS/c1-13-5-3-7-15(9-13)12-19-17(11-18)16-8-4-6-14(2)10-16/h3-10,17H,11-12,18H2,1-2H3. The molecule has 1 nitrogen and oxygen atoms in total. The first kappa shape index (κ1) is 14.2. The molecular formula is C17H21NS. The van der Waals surface area contributed by atoms with Crippen LogP contribution in [0.1, 0.15) is 27.5 Å². The summed E-state index contributed by atoms with van der Waals surface area (Å²) in [6.45, 7) is 4.94. The molecule has 0 aliphatic heterocycles. The van der Waals surface area contributed by atoms with Gasteiger partial charge in [0, 0.05) is 17.5 Å². The van der Waals surface area contributed by atoms with Gasteiger partial charge in [0.05, 0.1) is 0 Å². The molecule has 0 heterocycles. The molecule has 0 fully saturated rings. The zero-order valence-electron chi connectivity index (χ0n) is 11.6. The number of aryl methyl sites for hydroxylation is 2. The molecule has 2 N–H and O–H groups in total. The highest BCUT2D eigenvalue weighted by Crippen LogP contribution is 2.31. The third-order valence-corrected chi connectivity index (χ3v) is 4.53. The van der Waals surface area contributed by atoms with Gasteiger partial charge in [-0.1, -0.05) is 59.7 Å². The summed E-state index contributed by atoms with van der Waals surface area (Å²) in [5, 5.41) is 0.375. The fourth-order valence-electron chi connectivity index (χ4n) is 2.17. The van der Waals surface area contributed by atoms with E-state index in [1.54, 1.807) is 0 Å². The molecule has 0 amide bonds. The van der Waals surface area contributed by atoms with Crippen LogP contribution < -0.4 is 5.73 Å². The fourth-order valence-corrected chi connectivity index (χ4v) is 3.22. The summed E-state index contributed by atoms with van der Waals surface area (Å²) in [7, 11) is 0. The van der Waals surface area contributed by atoms with E-state index in [-0.39, 0.29) is 0 Å². The van der Waals surface area contributed by atoms with Gasteiger partial charge in [-0.15, -0.1) is 11.8 Å². The van der Waals surface area contributed by atoms with Gasteiger partial charge in [-0.05, 0) is 25.0 Å². The predicted molar refractivity (Wildman–Crippen MR) is 85.4 cm³/mol. The Morgan fingerprint density at radius 2 is 1.68 bits per heavy atom. The number of nitrogens with two attached hydrogens (primary N) is 1. The van der Waals surface area contributed by atoms with Crippen LogP contribution in [0.3, 0.4) is 0 Å². The van der Waals surface area contributed by atoms with Crippen molar-refractivity contribution in [2.75, 3.05) is 6.54 Å². The molecule has 100 valence electrons. The Balaban J connectivity index is 2.04. The van der Waals surface area contributed by atoms with Gasteiger partial charge in [0.2, 0.25) is 0 Å². The summed E-state index contributed by atoms with van der Waals surface area (Å²) in [5.41, 5.74) is 11.2. The summed E-state index contributed by atoms with van der Waals surface area (Å²) in [6, 6.07) is 17.3. The lowest BCUT2D eigenvalue weighted by molar-refractivity contribution is 0.938. The number of thioether (sulfide) groups is 1. The first-order valence-electron chi connectivity index (χ1n) is 6.63. The summed E-state index contributed by atoms with van der Waals surface area (Å²) in [4.78, 5) is 0. The Kier molecular flexibility index (Phi) is 5.06. The molecule has 0 aliphatic rings. The van der Waals surface area contributed by atoms with Crippen LogP contribution in [0.4, 0.5) is 0 Å². The van der Waals surface area contributed by atoms with Crippen molar-refractivity contribution >= 4 is 11.8 Å². The van der Waals surface area contributed by atoms with Crippen molar-refractivity contribution in [3.63, 3.8) is 0 Å². The minimum absolute atomic E-state index is 0.375. The predicted octanol–water partition coefficient (Wildman–Crippen LogP) is 4.24. The van der Waals surface area contributed by atoms with Crippen molar-refractivity contribution in [3.8, 4) is 0 Å². The van der Waals surface area contributed by atoms with E-state index in [1.165, 1.54) is 22.3 Å². The quantitative estimate of drug-likeness (QED) is 0.880. The highest BCUT2D eigenvalue weighted by atomic mass is 32.2. The minimum atomic E-state index is 0.375. The topological polar surface area (TPSA) is 26.0 Å². The summed E-state index contributed by atoms with van der Waals surface area (Å²) in [6.07, 6.45) is 0. The van der Waals surface area contributed by atoms with E-state index < -0.39 is 0 Å². The molecule has 0 aliphatic carbocycles. The van der Waals surface area contributed by atoms with Crippen LogP contribution >= 0.6 is 11.8 Å². The van der Waals surface area contributed by atoms with E-state index >= 15 is 0 Å². The molecule has 0 aromatic heterocycles. The molecular weight excluding hydrogens is 250 g/mol. The average molecular weight is 271 g/mol. The summed E-state index contributed by atoms with van der Waals surface area (Å²) < 4.78 is 0. The third kappa shape index (κ3) is 4.12. The van der Waals surface area contributed by atoms with Gasteiger partial charge in [0.15, 0.2) is 0 Å². The van der Waals surface area contributed by atoms with E-state index in [1.807, 2.05) is 11.8 Å². The Bertz CT molecular complexity index is 536. The van der Waals surface area contributed by atoms with Gasteiger partial charge in [-0.2, -0.15) is 0 Å². The first-order chi connectivity index (χ1) is 9.19. The largest absolute Gasteiger partial charge is 0.329 e. The fraction of sp³-hybridized carbons (Fsp3) is 0.294. The monoisotopic (exact) mass is 271 g/mol. The van der Waals surface area contributed by atoms with Crippen LogP contribution in [0.15, 0.2) is 48.5 Å². The van der Waals surface area contributed by atoms with Crippen LogP contribution in [-0.4, -0.2) is 6.54 Å². The number of rotatable bonds is 5. The van der Waals surface area contributed by atoms with Crippen LogP contribution in [-0.2, 0) is 5.75 Å². The Hall–Kier alpha value is -1.25. The Labute approximate surface area is 120 Å². The second-order valence-electron chi connectivity index (χ2n) is 4.94. The molecule has 0 saturated heterocycles. The SMILES string of the molecule is Cc1cccc(CSC(CN)c2cccc(C)c2)c1. The normalized spacial score (nSPS) is 12.4. The molecule has 2 rings (SSSR count). The van der Waals surface area contributed by atoms with Gasteiger partial charge in [-0.3, -0.25) is 0 Å². The average Bonchev–Trinajstić information content (AvgIpc) is 2.40. The van der Waals surface area contributed by atoms with Crippen molar-refractivity contribution in [2.45, 2.75) is 24.9 Å². The van der Waals surface area contributed by atoms with Gasteiger partial charge in [0.1, 0.15) is 0 Å². The lowest BCUT2D eigenvalue weighted by Crippen LogP contribution is -2.09. The minimum Gasteiger partial charge on any atom is -0.329 e. The summed E-state index contributed by atoms with van der Waals surface area (Å²) in [5.74, 6) is 1.01. The van der Waals surface area contributed by atoms with Crippen molar-refractivity contribution in [2.24, 2.45) is 5.73 Å². The molecule has 2 aromatic carbocycles. The highest BCUT2D eigenvalue weighted by Gasteiger charge is 2.10. The number of benzene rings is 2. The molecule has 0 spiro atoms. The first-order valence-corrected chi connectivity index (χ1v) is 7.67. The molecule has 2 heteroatoms. The van der Waals surface area contributed by atoms with Crippen LogP contribution in [0.5, 0.6) is 0 Å². The van der Waals surface area contributed by atoms with Crippen LogP contribution in [0.2, 0.25) is 0 Å². The molecule has 0 bridgehead atoms. The molecule has 19 heavy (non-hydrogen) atoms. The van der Waals surface area contributed by atoms with Gasteiger partial charge < -0.3 is 5.73 Å². The van der Waals surface area contributed by atoms with E-state index in [2.05, 4.69) is 62.4 Å². The molecule has 0 radical (unpaired) electrons. The van der Waals surface area contributed by atoms with Gasteiger partial charge >= 0.3 is 0 Å². The maximum absolute atomic E-state index is 5.93. The Morgan fingerprint density at radius 3 is 2.32 bits per heavy atom. The smallest absolute Gasteiger partial charge is 0.0423 e. The van der Waals surface area contributed by atoms with Crippen molar-refractivity contribution in [1.82, 2.24) is 0 Å². The van der Waals surface area contributed by atoms with E-state index in [4.69, 9.17) is 5.73 Å². The second-order valence-corrected chi connectivity index (χ2v) is 6.13. The third-order valence-electron chi connectivity index (χ3n) is 3.16. The van der Waals surface area contributed by atoms with Crippen molar-refractivity contribution in [3.05, 3.63) is 70.8 Å². The van der Waals surface area contributed by atoms with Gasteiger partial charge in [-0.25, -0.2) is 0 Å². The maximum Gasteiger partial charge on any atom is 0.0423 e. The zero-order chi connectivity index (χ0) is 13.7. The van der Waals surface area contributed by atoms with Gasteiger partial charge in [0.25, 0.3) is 0 Å². The molecule has 1 atom stereocenters. The number of hydrogen-bond donors (Lipinski definition) is 1. The second kappa shape index (κ2) is 6.78. The van der Waals surface area contributed by atoms with E-state index in [9.17, 15) is 0 Å². The van der Waals surface area contributed by atoms with Crippen LogP contribution in [0, 0.1) is 13.8 Å². The molecule has 1 unspecified atom stereocenters. The zero-order valence-corrected chi connectivity index (χ0v) is 12.4. The molecule has 0 saturated carbocycles. The maximum atomic E-state index is 5.93. The van der Waals surface area contributed by atoms with E-state index in [0.29, 0.717) is 11.8 Å². The van der Waals surface area contributed by atoms with E-state index in [0.717, 1.165) is 5.75 Å². The molecule has 2 aromatic rings. The van der Waals surface area contributed by atoms with Crippen molar-refractivity contribution < 1.29 is 0 Å². The lowest BCUT2D eigenvalue weighted by atomic mass is 10.1. The van der Waals surface area contributed by atoms with Crippen LogP contribution in [0.25, 0.3) is 0 Å². The Morgan fingerprint density at radius 1 is 1.00 bits per heavy atom. The summed E-state index contributed by atoms with van der Waals surface area (Å²) >= 11 is 1.92.